The molecule has 1 fully saturated rings. The Morgan fingerprint density at radius 1 is 1.26 bits per heavy atom. The highest BCUT2D eigenvalue weighted by atomic mass is 19.1. The van der Waals surface area contributed by atoms with Crippen molar-refractivity contribution >= 4 is 5.96 Å². The number of hydrogen-bond donors (Lipinski definition) is 2. The first-order valence-electron chi connectivity index (χ1n) is 11.2. The van der Waals surface area contributed by atoms with Crippen LogP contribution in [0.1, 0.15) is 49.2 Å². The molecule has 0 amide bonds. The summed E-state index contributed by atoms with van der Waals surface area (Å²) in [7, 11) is 1.98. The van der Waals surface area contributed by atoms with E-state index in [0.29, 0.717) is 19.8 Å². The molecular weight excluding hydrogens is 393 g/mol. The monoisotopic (exact) mass is 429 g/mol. The third-order valence-electron chi connectivity index (χ3n) is 6.34. The van der Waals surface area contributed by atoms with E-state index >= 15 is 0 Å². The molecule has 1 atom stereocenters. The number of aromatic nitrogens is 2. The van der Waals surface area contributed by atoms with E-state index in [2.05, 4.69) is 43.4 Å². The minimum Gasteiger partial charge on any atom is -0.381 e. The van der Waals surface area contributed by atoms with Crippen LogP contribution in [-0.2, 0) is 23.6 Å². The summed E-state index contributed by atoms with van der Waals surface area (Å²) in [6.07, 6.45) is 2.64. The summed E-state index contributed by atoms with van der Waals surface area (Å²) in [6.45, 7) is 11.2. The van der Waals surface area contributed by atoms with Crippen LogP contribution < -0.4 is 10.6 Å². The SMILES string of the molecule is CCNC(=NCC1(c2ccc(F)cc2)CCOCC1)NC(C)Cc1c(C)nn(C)c1C. The van der Waals surface area contributed by atoms with Crippen molar-refractivity contribution < 1.29 is 9.13 Å². The fraction of sp³-hybridized carbons (Fsp3) is 0.583. The average molecular weight is 430 g/mol. The first-order chi connectivity index (χ1) is 14.8. The zero-order valence-electron chi connectivity index (χ0n) is 19.5. The number of halogens is 1. The molecular formula is C24H36FN5O. The van der Waals surface area contributed by atoms with Gasteiger partial charge in [0.1, 0.15) is 5.82 Å². The fourth-order valence-electron chi connectivity index (χ4n) is 4.36. The van der Waals surface area contributed by atoms with Crippen molar-refractivity contribution in [2.75, 3.05) is 26.3 Å². The van der Waals surface area contributed by atoms with Crippen LogP contribution in [0.15, 0.2) is 29.3 Å². The molecule has 6 nitrogen and oxygen atoms in total. The quantitative estimate of drug-likeness (QED) is 0.523. The van der Waals surface area contributed by atoms with Gasteiger partial charge in [-0.2, -0.15) is 5.10 Å². The van der Waals surface area contributed by atoms with Crippen molar-refractivity contribution in [3.63, 3.8) is 0 Å². The van der Waals surface area contributed by atoms with Gasteiger partial charge in [0.15, 0.2) is 5.96 Å². The Bertz CT molecular complexity index is 884. The smallest absolute Gasteiger partial charge is 0.191 e. The maximum absolute atomic E-state index is 13.5. The van der Waals surface area contributed by atoms with Crippen LogP contribution >= 0.6 is 0 Å². The predicted molar refractivity (Wildman–Crippen MR) is 123 cm³/mol. The highest BCUT2D eigenvalue weighted by molar-refractivity contribution is 5.80. The highest BCUT2D eigenvalue weighted by Crippen LogP contribution is 2.35. The lowest BCUT2D eigenvalue weighted by atomic mass is 9.74. The number of hydrogen-bond acceptors (Lipinski definition) is 3. The maximum atomic E-state index is 13.5. The van der Waals surface area contributed by atoms with E-state index in [1.807, 2.05) is 23.9 Å². The normalized spacial score (nSPS) is 17.4. The summed E-state index contributed by atoms with van der Waals surface area (Å²) in [4.78, 5) is 4.96. The third kappa shape index (κ3) is 5.64. The molecule has 31 heavy (non-hydrogen) atoms. The van der Waals surface area contributed by atoms with Crippen molar-refractivity contribution in [3.8, 4) is 0 Å². The van der Waals surface area contributed by atoms with Crippen LogP contribution in [0.4, 0.5) is 4.39 Å². The van der Waals surface area contributed by atoms with Crippen molar-refractivity contribution in [1.82, 2.24) is 20.4 Å². The first-order valence-corrected chi connectivity index (χ1v) is 11.2. The van der Waals surface area contributed by atoms with E-state index in [9.17, 15) is 4.39 Å². The second kappa shape index (κ2) is 10.3. The summed E-state index contributed by atoms with van der Waals surface area (Å²) in [6, 6.07) is 7.08. The minimum atomic E-state index is -0.209. The summed E-state index contributed by atoms with van der Waals surface area (Å²) in [5.41, 5.74) is 4.56. The third-order valence-corrected chi connectivity index (χ3v) is 6.34. The van der Waals surface area contributed by atoms with Gasteiger partial charge in [0.25, 0.3) is 0 Å². The van der Waals surface area contributed by atoms with Crippen LogP contribution in [0.5, 0.6) is 0 Å². The molecule has 0 bridgehead atoms. The van der Waals surface area contributed by atoms with Gasteiger partial charge in [-0.15, -0.1) is 0 Å². The second-order valence-electron chi connectivity index (χ2n) is 8.62. The predicted octanol–water partition coefficient (Wildman–Crippen LogP) is 3.41. The van der Waals surface area contributed by atoms with Crippen LogP contribution in [0.2, 0.25) is 0 Å². The zero-order chi connectivity index (χ0) is 22.4. The van der Waals surface area contributed by atoms with E-state index in [-0.39, 0.29) is 17.3 Å². The number of benzene rings is 1. The summed E-state index contributed by atoms with van der Waals surface area (Å²) in [5, 5.41) is 11.5. The Morgan fingerprint density at radius 2 is 1.94 bits per heavy atom. The summed E-state index contributed by atoms with van der Waals surface area (Å²) < 4.78 is 21.1. The molecule has 2 heterocycles. The molecule has 170 valence electrons. The molecule has 7 heteroatoms. The van der Waals surface area contributed by atoms with Crippen molar-refractivity contribution in [2.24, 2.45) is 12.0 Å². The van der Waals surface area contributed by atoms with Gasteiger partial charge in [0, 0.05) is 44.0 Å². The lowest BCUT2D eigenvalue weighted by molar-refractivity contribution is 0.0530. The molecule has 1 saturated heterocycles. The average Bonchev–Trinajstić information content (AvgIpc) is 2.99. The minimum absolute atomic E-state index is 0.131. The van der Waals surface area contributed by atoms with Crippen LogP contribution in [0.3, 0.4) is 0 Å². The van der Waals surface area contributed by atoms with Crippen LogP contribution in [0.25, 0.3) is 0 Å². The molecule has 2 aromatic rings. The number of nitrogens with zero attached hydrogens (tertiary/aromatic N) is 3. The summed E-state index contributed by atoms with van der Waals surface area (Å²) >= 11 is 0. The highest BCUT2D eigenvalue weighted by Gasteiger charge is 2.34. The number of guanidine groups is 1. The van der Waals surface area contributed by atoms with Gasteiger partial charge in [-0.05, 0) is 70.2 Å². The van der Waals surface area contributed by atoms with E-state index in [1.165, 1.54) is 11.3 Å². The maximum Gasteiger partial charge on any atom is 0.191 e. The molecule has 1 aromatic heterocycles. The Morgan fingerprint density at radius 3 is 2.52 bits per heavy atom. The molecule has 0 spiro atoms. The molecule has 2 N–H and O–H groups in total. The van der Waals surface area contributed by atoms with Crippen molar-refractivity contribution in [2.45, 2.75) is 58.4 Å². The number of rotatable bonds is 7. The van der Waals surface area contributed by atoms with Crippen molar-refractivity contribution in [3.05, 3.63) is 52.6 Å². The number of nitrogens with one attached hydrogen (secondary N) is 2. The molecule has 1 aromatic carbocycles. The largest absolute Gasteiger partial charge is 0.381 e. The molecule has 0 radical (unpaired) electrons. The van der Waals surface area contributed by atoms with Gasteiger partial charge in [-0.3, -0.25) is 9.67 Å². The van der Waals surface area contributed by atoms with Crippen LogP contribution in [0, 0.1) is 19.7 Å². The molecule has 0 aliphatic carbocycles. The Hall–Kier alpha value is -2.41. The number of aliphatic imine (C=N–C) groups is 1. The van der Waals surface area contributed by atoms with E-state index in [0.717, 1.165) is 43.0 Å². The van der Waals surface area contributed by atoms with Crippen LogP contribution in [-0.4, -0.2) is 48.1 Å². The van der Waals surface area contributed by atoms with Crippen molar-refractivity contribution in [1.29, 1.82) is 0 Å². The van der Waals surface area contributed by atoms with Gasteiger partial charge < -0.3 is 15.4 Å². The lowest BCUT2D eigenvalue weighted by Gasteiger charge is -2.36. The number of aryl methyl sites for hydroxylation is 2. The Balaban J connectivity index is 1.75. The second-order valence-corrected chi connectivity index (χ2v) is 8.62. The fourth-order valence-corrected chi connectivity index (χ4v) is 4.36. The Kier molecular flexibility index (Phi) is 7.70. The topological polar surface area (TPSA) is 63.5 Å². The summed E-state index contributed by atoms with van der Waals surface area (Å²) in [5.74, 6) is 0.599. The van der Waals surface area contributed by atoms with E-state index in [4.69, 9.17) is 9.73 Å². The van der Waals surface area contributed by atoms with Gasteiger partial charge >= 0.3 is 0 Å². The van der Waals surface area contributed by atoms with Gasteiger partial charge in [0.05, 0.1) is 12.2 Å². The van der Waals surface area contributed by atoms with E-state index in [1.54, 1.807) is 12.1 Å². The van der Waals surface area contributed by atoms with Gasteiger partial charge in [-0.1, -0.05) is 12.1 Å². The number of ether oxygens (including phenoxy) is 1. The molecule has 1 aliphatic rings. The first kappa shape index (κ1) is 23.3. The standard InChI is InChI=1S/C24H36FN5O/c1-6-26-23(28-17(2)15-22-18(3)29-30(5)19(22)4)27-16-24(11-13-31-14-12-24)20-7-9-21(25)10-8-20/h7-10,17H,6,11-16H2,1-5H3,(H2,26,27,28). The molecule has 1 unspecified atom stereocenters. The lowest BCUT2D eigenvalue weighted by Crippen LogP contribution is -2.45. The van der Waals surface area contributed by atoms with E-state index < -0.39 is 0 Å². The van der Waals surface area contributed by atoms with Gasteiger partial charge in [0.2, 0.25) is 0 Å². The van der Waals surface area contributed by atoms with Gasteiger partial charge in [-0.25, -0.2) is 4.39 Å². The zero-order valence-corrected chi connectivity index (χ0v) is 19.5. The molecule has 3 rings (SSSR count). The Labute approximate surface area is 185 Å². The molecule has 1 aliphatic heterocycles. The molecule has 0 saturated carbocycles.